The number of nitrogens with one attached hydrogen (secondary N) is 1. The first-order valence-electron chi connectivity index (χ1n) is 7.13. The van der Waals surface area contributed by atoms with Gasteiger partial charge in [-0.3, -0.25) is 13.9 Å². The van der Waals surface area contributed by atoms with Crippen LogP contribution in [0.15, 0.2) is 21.7 Å². The monoisotopic (exact) mass is 305 g/mol. The first-order valence-corrected chi connectivity index (χ1v) is 7.95. The van der Waals surface area contributed by atoms with Crippen LogP contribution in [0.3, 0.4) is 0 Å². The van der Waals surface area contributed by atoms with Crippen LogP contribution in [0.4, 0.5) is 0 Å². The lowest BCUT2D eigenvalue weighted by atomic mass is 10.2. The zero-order chi connectivity index (χ0) is 15.0. The Morgan fingerprint density at radius 2 is 1.95 bits per heavy atom. The van der Waals surface area contributed by atoms with Crippen LogP contribution in [-0.2, 0) is 40.0 Å². The fraction of sp³-hybridized carbons (Fsp3) is 0.467. The number of hydrogen-bond acceptors (Lipinski definition) is 4. The fourth-order valence-corrected chi connectivity index (χ4v) is 3.97. The standard InChI is InChI=1S/C15H19N3O2S/c1-17-11(7-14(19)18(2)15(17)20)8-16-9-12-6-10-4-3-5-13(10)21-12/h6-7,16H,3-5,8-9H2,1-2H3. The molecule has 0 bridgehead atoms. The van der Waals surface area contributed by atoms with Crippen molar-refractivity contribution in [2.24, 2.45) is 14.1 Å². The zero-order valence-corrected chi connectivity index (χ0v) is 13.1. The van der Waals surface area contributed by atoms with Crippen molar-refractivity contribution in [1.29, 1.82) is 0 Å². The van der Waals surface area contributed by atoms with Crippen LogP contribution in [0, 0.1) is 0 Å². The molecule has 112 valence electrons. The second-order valence-electron chi connectivity index (χ2n) is 5.49. The van der Waals surface area contributed by atoms with Crippen LogP contribution in [0.5, 0.6) is 0 Å². The Kier molecular flexibility index (Phi) is 3.82. The lowest BCUT2D eigenvalue weighted by Crippen LogP contribution is -2.38. The van der Waals surface area contributed by atoms with Crippen molar-refractivity contribution in [2.45, 2.75) is 32.4 Å². The molecule has 0 unspecified atom stereocenters. The summed E-state index contributed by atoms with van der Waals surface area (Å²) in [6, 6.07) is 3.80. The second-order valence-corrected chi connectivity index (χ2v) is 6.71. The predicted molar refractivity (Wildman–Crippen MR) is 83.8 cm³/mol. The molecule has 5 nitrogen and oxygen atoms in total. The van der Waals surface area contributed by atoms with E-state index in [9.17, 15) is 9.59 Å². The lowest BCUT2D eigenvalue weighted by Gasteiger charge is -2.10. The van der Waals surface area contributed by atoms with Crippen molar-refractivity contribution in [3.05, 3.63) is 54.0 Å². The molecule has 6 heteroatoms. The molecule has 1 N–H and O–H groups in total. The number of hydrogen-bond donors (Lipinski definition) is 1. The average Bonchev–Trinajstić information content (AvgIpc) is 3.03. The van der Waals surface area contributed by atoms with Crippen molar-refractivity contribution in [3.8, 4) is 0 Å². The summed E-state index contributed by atoms with van der Waals surface area (Å²) in [5.74, 6) is 0. The van der Waals surface area contributed by atoms with Crippen LogP contribution in [0.1, 0.15) is 27.4 Å². The van der Waals surface area contributed by atoms with E-state index in [4.69, 9.17) is 0 Å². The molecule has 0 saturated heterocycles. The Balaban J connectivity index is 1.68. The molecule has 2 heterocycles. The number of nitrogens with zero attached hydrogens (tertiary/aromatic N) is 2. The van der Waals surface area contributed by atoms with Gasteiger partial charge in [-0.05, 0) is 30.9 Å². The van der Waals surface area contributed by atoms with E-state index in [2.05, 4.69) is 11.4 Å². The van der Waals surface area contributed by atoms with Crippen LogP contribution < -0.4 is 16.6 Å². The molecule has 0 atom stereocenters. The highest BCUT2D eigenvalue weighted by atomic mass is 32.1. The smallest absolute Gasteiger partial charge is 0.306 e. The van der Waals surface area contributed by atoms with E-state index in [-0.39, 0.29) is 11.2 Å². The van der Waals surface area contributed by atoms with Gasteiger partial charge in [-0.2, -0.15) is 0 Å². The van der Waals surface area contributed by atoms with Crippen molar-refractivity contribution < 1.29 is 0 Å². The number of thiophene rings is 1. The van der Waals surface area contributed by atoms with Crippen molar-refractivity contribution in [2.75, 3.05) is 0 Å². The Labute approximate surface area is 126 Å². The van der Waals surface area contributed by atoms with Crippen molar-refractivity contribution in [3.63, 3.8) is 0 Å². The topological polar surface area (TPSA) is 56.0 Å². The van der Waals surface area contributed by atoms with Gasteiger partial charge in [-0.1, -0.05) is 0 Å². The molecule has 0 aromatic carbocycles. The highest BCUT2D eigenvalue weighted by Crippen LogP contribution is 2.30. The molecule has 1 aliphatic rings. The minimum atomic E-state index is -0.283. The van der Waals surface area contributed by atoms with Gasteiger partial charge in [-0.25, -0.2) is 4.79 Å². The Hall–Kier alpha value is -1.66. The number of aryl methyl sites for hydroxylation is 2. The molecule has 0 saturated carbocycles. The quantitative estimate of drug-likeness (QED) is 0.914. The van der Waals surface area contributed by atoms with E-state index < -0.39 is 0 Å². The second kappa shape index (κ2) is 5.61. The van der Waals surface area contributed by atoms with Gasteiger partial charge in [0.15, 0.2) is 0 Å². The molecule has 0 spiro atoms. The van der Waals surface area contributed by atoms with E-state index in [1.807, 2.05) is 11.3 Å². The van der Waals surface area contributed by atoms with Gasteiger partial charge in [0.25, 0.3) is 5.56 Å². The molecule has 3 rings (SSSR count). The highest BCUT2D eigenvalue weighted by Gasteiger charge is 2.14. The summed E-state index contributed by atoms with van der Waals surface area (Å²) in [5.41, 5.74) is 1.67. The fourth-order valence-electron chi connectivity index (χ4n) is 2.74. The summed E-state index contributed by atoms with van der Waals surface area (Å²) >= 11 is 1.87. The molecule has 0 radical (unpaired) electrons. The first-order chi connectivity index (χ1) is 10.1. The normalized spacial score (nSPS) is 13.6. The van der Waals surface area contributed by atoms with E-state index in [1.165, 1.54) is 52.3 Å². The van der Waals surface area contributed by atoms with Crippen molar-refractivity contribution in [1.82, 2.24) is 14.5 Å². The number of fused-ring (bicyclic) bond motifs is 1. The highest BCUT2D eigenvalue weighted by molar-refractivity contribution is 7.12. The van der Waals surface area contributed by atoms with Crippen LogP contribution in [-0.4, -0.2) is 9.13 Å². The van der Waals surface area contributed by atoms with Gasteiger partial charge in [-0.15, -0.1) is 11.3 Å². The molecular formula is C15H19N3O2S. The first kappa shape index (κ1) is 14.3. The Bertz CT molecular complexity index is 764. The number of rotatable bonds is 4. The molecular weight excluding hydrogens is 286 g/mol. The lowest BCUT2D eigenvalue weighted by molar-refractivity contribution is 0.603. The van der Waals surface area contributed by atoms with E-state index >= 15 is 0 Å². The van der Waals surface area contributed by atoms with Gasteiger partial charge in [0.1, 0.15) is 0 Å². The maximum atomic E-state index is 11.8. The minimum absolute atomic E-state index is 0.259. The summed E-state index contributed by atoms with van der Waals surface area (Å²) in [7, 11) is 3.19. The largest absolute Gasteiger partial charge is 0.330 e. The molecule has 0 fully saturated rings. The van der Waals surface area contributed by atoms with E-state index in [0.717, 1.165) is 11.1 Å². The third-order valence-electron chi connectivity index (χ3n) is 4.03. The van der Waals surface area contributed by atoms with Crippen LogP contribution in [0.25, 0.3) is 0 Å². The Morgan fingerprint density at radius 3 is 2.71 bits per heavy atom. The average molecular weight is 305 g/mol. The molecule has 2 aromatic heterocycles. The number of aromatic nitrogens is 2. The molecule has 21 heavy (non-hydrogen) atoms. The minimum Gasteiger partial charge on any atom is -0.306 e. The third-order valence-corrected chi connectivity index (χ3v) is 5.27. The summed E-state index contributed by atoms with van der Waals surface area (Å²) in [6.07, 6.45) is 3.70. The molecule has 1 aliphatic carbocycles. The van der Waals surface area contributed by atoms with E-state index in [1.54, 1.807) is 7.05 Å². The SMILES string of the molecule is Cn1c(CNCc2cc3c(s2)CCC3)cc(=O)n(C)c1=O. The summed E-state index contributed by atoms with van der Waals surface area (Å²) in [4.78, 5) is 26.4. The zero-order valence-electron chi connectivity index (χ0n) is 12.3. The van der Waals surface area contributed by atoms with Gasteiger partial charge in [0.2, 0.25) is 0 Å². The van der Waals surface area contributed by atoms with Gasteiger partial charge >= 0.3 is 5.69 Å². The molecule has 2 aromatic rings. The van der Waals surface area contributed by atoms with Gasteiger partial charge in [0.05, 0.1) is 0 Å². The predicted octanol–water partition coefficient (Wildman–Crippen LogP) is 0.924. The molecule has 0 amide bonds. The van der Waals surface area contributed by atoms with Gasteiger partial charge < -0.3 is 5.32 Å². The summed E-state index contributed by atoms with van der Waals surface area (Å²) in [5, 5.41) is 3.32. The van der Waals surface area contributed by atoms with Crippen LogP contribution >= 0.6 is 11.3 Å². The van der Waals surface area contributed by atoms with Gasteiger partial charge in [0, 0.05) is 48.7 Å². The van der Waals surface area contributed by atoms with E-state index in [0.29, 0.717) is 12.2 Å². The third kappa shape index (κ3) is 2.73. The summed E-state index contributed by atoms with van der Waals surface area (Å²) < 4.78 is 2.64. The Morgan fingerprint density at radius 1 is 1.14 bits per heavy atom. The maximum absolute atomic E-state index is 11.8. The van der Waals surface area contributed by atoms with Crippen LogP contribution in [0.2, 0.25) is 0 Å². The van der Waals surface area contributed by atoms with Crippen molar-refractivity contribution >= 4 is 11.3 Å². The maximum Gasteiger partial charge on any atom is 0.330 e. The molecule has 0 aliphatic heterocycles. The summed E-state index contributed by atoms with van der Waals surface area (Å²) in [6.45, 7) is 1.30.